The monoisotopic (exact) mass is 154 g/mol. The van der Waals surface area contributed by atoms with Crippen molar-refractivity contribution in [1.29, 1.82) is 5.26 Å². The van der Waals surface area contributed by atoms with E-state index in [2.05, 4.69) is 10.2 Å². The molecule has 5 heteroatoms. The van der Waals surface area contributed by atoms with Crippen LogP contribution < -0.4 is 0 Å². The van der Waals surface area contributed by atoms with Gasteiger partial charge in [0, 0.05) is 7.05 Å². The number of thioether (sulfide) groups is 1. The van der Waals surface area contributed by atoms with E-state index in [4.69, 9.17) is 5.26 Å². The van der Waals surface area contributed by atoms with Crippen molar-refractivity contribution in [2.45, 2.75) is 5.16 Å². The summed E-state index contributed by atoms with van der Waals surface area (Å²) in [5.41, 5.74) is 0. The maximum Gasteiger partial charge on any atom is 0.191 e. The molecule has 0 bridgehead atoms. The highest BCUT2D eigenvalue weighted by Crippen LogP contribution is 2.11. The molecule has 0 aliphatic carbocycles. The molecule has 0 unspecified atom stereocenters. The molecule has 1 heterocycles. The van der Waals surface area contributed by atoms with Gasteiger partial charge in [-0.05, 0) is 0 Å². The van der Waals surface area contributed by atoms with Gasteiger partial charge in [-0.3, -0.25) is 0 Å². The highest BCUT2D eigenvalue weighted by molar-refractivity contribution is 7.99. The Hall–Kier alpha value is -1.02. The van der Waals surface area contributed by atoms with Crippen molar-refractivity contribution in [2.75, 3.05) is 5.75 Å². The van der Waals surface area contributed by atoms with E-state index < -0.39 is 0 Å². The van der Waals surface area contributed by atoms with Gasteiger partial charge in [-0.15, -0.1) is 10.2 Å². The summed E-state index contributed by atoms with van der Waals surface area (Å²) in [5.74, 6) is 0.423. The van der Waals surface area contributed by atoms with E-state index in [1.807, 2.05) is 13.1 Å². The molecule has 1 rings (SSSR count). The third-order valence-electron chi connectivity index (χ3n) is 0.936. The van der Waals surface area contributed by atoms with E-state index in [1.165, 1.54) is 11.8 Å². The van der Waals surface area contributed by atoms with Gasteiger partial charge in [0.25, 0.3) is 0 Å². The Morgan fingerprint density at radius 2 is 2.70 bits per heavy atom. The molecule has 1 aromatic rings. The smallest absolute Gasteiger partial charge is 0.191 e. The average Bonchev–Trinajstić information content (AvgIpc) is 2.31. The normalized spacial score (nSPS) is 9.20. The highest BCUT2D eigenvalue weighted by atomic mass is 32.2. The van der Waals surface area contributed by atoms with Crippen LogP contribution in [-0.2, 0) is 7.05 Å². The lowest BCUT2D eigenvalue weighted by molar-refractivity contribution is 0.789. The summed E-state index contributed by atoms with van der Waals surface area (Å²) in [6.45, 7) is 0. The summed E-state index contributed by atoms with van der Waals surface area (Å²) in [6, 6.07) is 2.02. The Balaban J connectivity index is 2.59. The first-order valence-electron chi connectivity index (χ1n) is 2.68. The number of nitrogens with zero attached hydrogens (tertiary/aromatic N) is 4. The number of aryl methyl sites for hydroxylation is 1. The molecular weight excluding hydrogens is 148 g/mol. The number of rotatable bonds is 2. The van der Waals surface area contributed by atoms with Crippen LogP contribution in [0.1, 0.15) is 0 Å². The van der Waals surface area contributed by atoms with Gasteiger partial charge in [-0.25, -0.2) is 0 Å². The standard InChI is InChI=1S/C5H6N4S/c1-9-4-7-8-5(9)10-3-2-6/h4H,3H2,1H3. The summed E-state index contributed by atoms with van der Waals surface area (Å²) in [6.07, 6.45) is 1.61. The van der Waals surface area contributed by atoms with Gasteiger partial charge in [0.2, 0.25) is 0 Å². The van der Waals surface area contributed by atoms with Gasteiger partial charge in [-0.2, -0.15) is 5.26 Å². The van der Waals surface area contributed by atoms with Crippen LogP contribution in [-0.4, -0.2) is 20.5 Å². The lowest BCUT2D eigenvalue weighted by Gasteiger charge is -1.92. The highest BCUT2D eigenvalue weighted by Gasteiger charge is 1.98. The molecule has 0 aliphatic rings. The molecule has 10 heavy (non-hydrogen) atoms. The average molecular weight is 154 g/mol. The van der Waals surface area contributed by atoms with Gasteiger partial charge in [-0.1, -0.05) is 11.8 Å². The Labute approximate surface area is 62.9 Å². The molecule has 4 nitrogen and oxygen atoms in total. The largest absolute Gasteiger partial charge is 0.312 e. The molecule has 0 saturated carbocycles. The zero-order chi connectivity index (χ0) is 7.40. The molecule has 0 aromatic carbocycles. The number of hydrogen-bond donors (Lipinski definition) is 0. The maximum absolute atomic E-state index is 8.23. The Morgan fingerprint density at radius 3 is 3.20 bits per heavy atom. The van der Waals surface area contributed by atoms with E-state index in [9.17, 15) is 0 Å². The topological polar surface area (TPSA) is 54.5 Å². The van der Waals surface area contributed by atoms with Crippen molar-refractivity contribution in [3.63, 3.8) is 0 Å². The molecule has 0 atom stereocenters. The summed E-state index contributed by atoms with van der Waals surface area (Å²) in [5, 5.41) is 16.4. The van der Waals surface area contributed by atoms with Gasteiger partial charge >= 0.3 is 0 Å². The van der Waals surface area contributed by atoms with Crippen LogP contribution in [0.25, 0.3) is 0 Å². The second kappa shape index (κ2) is 3.22. The van der Waals surface area contributed by atoms with Gasteiger partial charge in [0.1, 0.15) is 6.33 Å². The fourth-order valence-corrected chi connectivity index (χ4v) is 1.05. The number of aromatic nitrogens is 3. The Morgan fingerprint density at radius 1 is 1.90 bits per heavy atom. The second-order valence-electron chi connectivity index (χ2n) is 1.67. The van der Waals surface area contributed by atoms with Gasteiger partial charge < -0.3 is 4.57 Å². The van der Waals surface area contributed by atoms with Crippen LogP contribution in [0.5, 0.6) is 0 Å². The molecule has 0 spiro atoms. The van der Waals surface area contributed by atoms with Gasteiger partial charge in [0.15, 0.2) is 5.16 Å². The van der Waals surface area contributed by atoms with E-state index in [0.29, 0.717) is 5.75 Å². The quantitative estimate of drug-likeness (QED) is 0.580. The van der Waals surface area contributed by atoms with E-state index >= 15 is 0 Å². The first-order valence-corrected chi connectivity index (χ1v) is 3.67. The van der Waals surface area contributed by atoms with E-state index in [1.54, 1.807) is 10.9 Å². The third-order valence-corrected chi connectivity index (χ3v) is 1.84. The van der Waals surface area contributed by atoms with Crippen molar-refractivity contribution < 1.29 is 0 Å². The minimum atomic E-state index is 0.423. The minimum absolute atomic E-state index is 0.423. The zero-order valence-corrected chi connectivity index (χ0v) is 6.30. The van der Waals surface area contributed by atoms with E-state index in [0.717, 1.165) is 5.16 Å². The second-order valence-corrected chi connectivity index (χ2v) is 2.61. The molecular formula is C5H6N4S. The van der Waals surface area contributed by atoms with Crippen molar-refractivity contribution >= 4 is 11.8 Å². The number of nitriles is 1. The minimum Gasteiger partial charge on any atom is -0.312 e. The molecule has 0 saturated heterocycles. The predicted molar refractivity (Wildman–Crippen MR) is 37.3 cm³/mol. The van der Waals surface area contributed by atoms with Crippen LogP contribution in [0.3, 0.4) is 0 Å². The summed E-state index contributed by atoms with van der Waals surface area (Å²) >= 11 is 1.38. The first-order chi connectivity index (χ1) is 4.84. The molecule has 0 N–H and O–H groups in total. The molecule has 0 fully saturated rings. The SMILES string of the molecule is Cn1cnnc1SCC#N. The van der Waals surface area contributed by atoms with Crippen molar-refractivity contribution in [3.05, 3.63) is 6.33 Å². The number of hydrogen-bond acceptors (Lipinski definition) is 4. The van der Waals surface area contributed by atoms with Crippen molar-refractivity contribution in [2.24, 2.45) is 7.05 Å². The third kappa shape index (κ3) is 1.48. The Bertz CT molecular complexity index is 248. The fourth-order valence-electron chi connectivity index (χ4n) is 0.500. The Kier molecular flexibility index (Phi) is 2.29. The summed E-state index contributed by atoms with van der Waals surface area (Å²) in [7, 11) is 1.85. The van der Waals surface area contributed by atoms with Crippen molar-refractivity contribution in [1.82, 2.24) is 14.8 Å². The lowest BCUT2D eigenvalue weighted by Crippen LogP contribution is -1.88. The van der Waals surface area contributed by atoms with Crippen LogP contribution in [0.2, 0.25) is 0 Å². The molecule has 0 aliphatic heterocycles. The van der Waals surface area contributed by atoms with Crippen LogP contribution in [0, 0.1) is 11.3 Å². The summed E-state index contributed by atoms with van der Waals surface area (Å²) < 4.78 is 1.78. The van der Waals surface area contributed by atoms with Crippen LogP contribution >= 0.6 is 11.8 Å². The molecule has 52 valence electrons. The van der Waals surface area contributed by atoms with Crippen LogP contribution in [0.4, 0.5) is 0 Å². The predicted octanol–water partition coefficient (Wildman–Crippen LogP) is 0.431. The molecule has 0 radical (unpaired) electrons. The first kappa shape index (κ1) is 7.09. The lowest BCUT2D eigenvalue weighted by atomic mass is 10.9. The van der Waals surface area contributed by atoms with E-state index in [-0.39, 0.29) is 0 Å². The summed E-state index contributed by atoms with van der Waals surface area (Å²) in [4.78, 5) is 0. The maximum atomic E-state index is 8.23. The van der Waals surface area contributed by atoms with Gasteiger partial charge in [0.05, 0.1) is 11.8 Å². The molecule has 1 aromatic heterocycles. The zero-order valence-electron chi connectivity index (χ0n) is 5.48. The van der Waals surface area contributed by atoms with Crippen LogP contribution in [0.15, 0.2) is 11.5 Å². The molecule has 0 amide bonds. The van der Waals surface area contributed by atoms with Crippen molar-refractivity contribution in [3.8, 4) is 6.07 Å². The fraction of sp³-hybridized carbons (Fsp3) is 0.400.